The monoisotopic (exact) mass is 269 g/mol. The molecular formula is C15H27NO3. The zero-order chi connectivity index (χ0) is 13.8. The van der Waals surface area contributed by atoms with E-state index < -0.39 is 5.97 Å². The molecule has 1 saturated carbocycles. The van der Waals surface area contributed by atoms with E-state index in [1.165, 1.54) is 12.8 Å². The zero-order valence-corrected chi connectivity index (χ0v) is 12.2. The molecule has 2 unspecified atom stereocenters. The Hall–Kier alpha value is -0.610. The SMILES string of the molecule is CC(C)N1CCC[C@H]1COC1CCCCC1C(=O)O. The molecule has 2 rings (SSSR count). The van der Waals surface area contributed by atoms with Crippen molar-refractivity contribution in [3.63, 3.8) is 0 Å². The Labute approximate surface area is 116 Å². The van der Waals surface area contributed by atoms with Crippen LogP contribution in [0.5, 0.6) is 0 Å². The highest BCUT2D eigenvalue weighted by molar-refractivity contribution is 5.70. The molecule has 0 spiro atoms. The summed E-state index contributed by atoms with van der Waals surface area (Å²) in [6.45, 7) is 6.29. The fraction of sp³-hybridized carbons (Fsp3) is 0.933. The fourth-order valence-corrected chi connectivity index (χ4v) is 3.53. The summed E-state index contributed by atoms with van der Waals surface area (Å²) >= 11 is 0. The van der Waals surface area contributed by atoms with Crippen molar-refractivity contribution in [2.45, 2.75) is 70.6 Å². The number of hydrogen-bond donors (Lipinski definition) is 1. The van der Waals surface area contributed by atoms with Gasteiger partial charge in [0.1, 0.15) is 0 Å². The van der Waals surface area contributed by atoms with E-state index in [4.69, 9.17) is 4.74 Å². The van der Waals surface area contributed by atoms with Crippen LogP contribution in [0.4, 0.5) is 0 Å². The molecule has 1 aliphatic heterocycles. The molecule has 0 amide bonds. The first-order valence-electron chi connectivity index (χ1n) is 7.69. The quantitative estimate of drug-likeness (QED) is 0.833. The summed E-state index contributed by atoms with van der Waals surface area (Å²) in [4.78, 5) is 13.7. The topological polar surface area (TPSA) is 49.8 Å². The molecule has 0 aromatic rings. The molecule has 110 valence electrons. The lowest BCUT2D eigenvalue weighted by Crippen LogP contribution is -2.41. The normalized spacial score (nSPS) is 32.9. The van der Waals surface area contributed by atoms with Crippen LogP contribution in [0.25, 0.3) is 0 Å². The fourth-order valence-electron chi connectivity index (χ4n) is 3.53. The minimum atomic E-state index is -0.683. The maximum absolute atomic E-state index is 11.2. The Morgan fingerprint density at radius 3 is 2.68 bits per heavy atom. The van der Waals surface area contributed by atoms with Crippen LogP contribution in [-0.2, 0) is 9.53 Å². The van der Waals surface area contributed by atoms with Crippen LogP contribution in [-0.4, -0.2) is 47.3 Å². The molecule has 0 aromatic heterocycles. The first-order chi connectivity index (χ1) is 9.09. The van der Waals surface area contributed by atoms with Crippen molar-refractivity contribution in [1.82, 2.24) is 4.90 Å². The highest BCUT2D eigenvalue weighted by atomic mass is 16.5. The number of carbonyl (C=O) groups is 1. The van der Waals surface area contributed by atoms with Gasteiger partial charge in [-0.2, -0.15) is 0 Å². The lowest BCUT2D eigenvalue weighted by molar-refractivity contribution is -0.150. The summed E-state index contributed by atoms with van der Waals surface area (Å²) in [5.74, 6) is -0.973. The largest absolute Gasteiger partial charge is 0.481 e. The lowest BCUT2D eigenvalue weighted by Gasteiger charge is -2.32. The molecule has 1 aliphatic carbocycles. The van der Waals surface area contributed by atoms with Gasteiger partial charge in [0.2, 0.25) is 0 Å². The van der Waals surface area contributed by atoms with Gasteiger partial charge in [0.15, 0.2) is 0 Å². The first kappa shape index (κ1) is 14.8. The standard InChI is InChI=1S/C15H27NO3/c1-11(2)16-9-5-6-12(16)10-19-14-8-4-3-7-13(14)15(17)18/h11-14H,3-10H2,1-2H3,(H,17,18)/t12-,13?,14?/m0/s1. The summed E-state index contributed by atoms with van der Waals surface area (Å²) < 4.78 is 6.00. The van der Waals surface area contributed by atoms with E-state index in [1.807, 2.05) is 0 Å². The van der Waals surface area contributed by atoms with E-state index in [1.54, 1.807) is 0 Å². The average molecular weight is 269 g/mol. The molecule has 1 heterocycles. The van der Waals surface area contributed by atoms with Gasteiger partial charge in [0.25, 0.3) is 0 Å². The van der Waals surface area contributed by atoms with Crippen molar-refractivity contribution < 1.29 is 14.6 Å². The van der Waals surface area contributed by atoms with E-state index in [0.29, 0.717) is 18.7 Å². The van der Waals surface area contributed by atoms with Gasteiger partial charge in [-0.1, -0.05) is 12.8 Å². The first-order valence-corrected chi connectivity index (χ1v) is 7.69. The van der Waals surface area contributed by atoms with E-state index >= 15 is 0 Å². The summed E-state index contributed by atoms with van der Waals surface area (Å²) in [5.41, 5.74) is 0. The minimum absolute atomic E-state index is 0.0686. The Balaban J connectivity index is 1.84. The van der Waals surface area contributed by atoms with E-state index in [-0.39, 0.29) is 12.0 Å². The maximum atomic E-state index is 11.2. The van der Waals surface area contributed by atoms with E-state index in [0.717, 1.165) is 32.2 Å². The van der Waals surface area contributed by atoms with Crippen LogP contribution in [0.2, 0.25) is 0 Å². The Kier molecular flexibility index (Phi) is 5.22. The number of hydrogen-bond acceptors (Lipinski definition) is 3. The zero-order valence-electron chi connectivity index (χ0n) is 12.2. The number of rotatable bonds is 5. The molecule has 3 atom stereocenters. The average Bonchev–Trinajstić information content (AvgIpc) is 2.85. The summed E-state index contributed by atoms with van der Waals surface area (Å²) in [6, 6.07) is 1.04. The van der Waals surface area contributed by atoms with Crippen LogP contribution < -0.4 is 0 Å². The maximum Gasteiger partial charge on any atom is 0.309 e. The van der Waals surface area contributed by atoms with Crippen LogP contribution in [0.1, 0.15) is 52.4 Å². The van der Waals surface area contributed by atoms with Gasteiger partial charge in [-0.3, -0.25) is 9.69 Å². The van der Waals surface area contributed by atoms with Crippen LogP contribution in [0.3, 0.4) is 0 Å². The molecule has 0 aromatic carbocycles. The number of carboxylic acid groups (broad SMARTS) is 1. The molecule has 0 radical (unpaired) electrons. The van der Waals surface area contributed by atoms with Crippen LogP contribution in [0, 0.1) is 5.92 Å². The molecule has 4 heteroatoms. The number of aliphatic carboxylic acids is 1. The number of carboxylic acids is 1. The van der Waals surface area contributed by atoms with Gasteiger partial charge >= 0.3 is 5.97 Å². The molecule has 2 aliphatic rings. The highest BCUT2D eigenvalue weighted by Gasteiger charge is 2.33. The Morgan fingerprint density at radius 2 is 2.00 bits per heavy atom. The Morgan fingerprint density at radius 1 is 1.26 bits per heavy atom. The van der Waals surface area contributed by atoms with Gasteiger partial charge in [-0.05, 0) is 46.1 Å². The second-order valence-electron chi connectivity index (χ2n) is 6.23. The molecule has 2 fully saturated rings. The van der Waals surface area contributed by atoms with Gasteiger partial charge in [0, 0.05) is 12.1 Å². The van der Waals surface area contributed by atoms with Crippen molar-refractivity contribution in [2.24, 2.45) is 5.92 Å². The number of ether oxygens (including phenoxy) is 1. The second kappa shape index (κ2) is 6.71. The van der Waals surface area contributed by atoms with Crippen molar-refractivity contribution in [3.05, 3.63) is 0 Å². The predicted octanol–water partition coefficient (Wildman–Crippen LogP) is 2.52. The van der Waals surface area contributed by atoms with Gasteiger partial charge in [-0.25, -0.2) is 0 Å². The van der Waals surface area contributed by atoms with Gasteiger partial charge < -0.3 is 9.84 Å². The highest BCUT2D eigenvalue weighted by Crippen LogP contribution is 2.28. The van der Waals surface area contributed by atoms with Gasteiger partial charge in [-0.15, -0.1) is 0 Å². The summed E-state index contributed by atoms with van der Waals surface area (Å²) in [5, 5.41) is 9.25. The predicted molar refractivity (Wildman–Crippen MR) is 74.2 cm³/mol. The third kappa shape index (κ3) is 3.69. The number of likely N-dealkylation sites (tertiary alicyclic amines) is 1. The lowest BCUT2D eigenvalue weighted by atomic mass is 9.86. The van der Waals surface area contributed by atoms with E-state index in [9.17, 15) is 9.90 Å². The van der Waals surface area contributed by atoms with Crippen molar-refractivity contribution in [3.8, 4) is 0 Å². The van der Waals surface area contributed by atoms with Crippen molar-refractivity contribution in [1.29, 1.82) is 0 Å². The second-order valence-corrected chi connectivity index (χ2v) is 6.23. The third-order valence-electron chi connectivity index (χ3n) is 4.61. The molecular weight excluding hydrogens is 242 g/mol. The smallest absolute Gasteiger partial charge is 0.309 e. The molecule has 0 bridgehead atoms. The molecule has 1 saturated heterocycles. The van der Waals surface area contributed by atoms with Crippen LogP contribution in [0.15, 0.2) is 0 Å². The van der Waals surface area contributed by atoms with Gasteiger partial charge in [0.05, 0.1) is 18.6 Å². The summed E-state index contributed by atoms with van der Waals surface area (Å²) in [7, 11) is 0. The minimum Gasteiger partial charge on any atom is -0.481 e. The third-order valence-corrected chi connectivity index (χ3v) is 4.61. The molecule has 1 N–H and O–H groups in total. The van der Waals surface area contributed by atoms with E-state index in [2.05, 4.69) is 18.7 Å². The molecule has 19 heavy (non-hydrogen) atoms. The van der Waals surface area contributed by atoms with Crippen LogP contribution >= 0.6 is 0 Å². The number of nitrogens with zero attached hydrogens (tertiary/aromatic N) is 1. The molecule has 4 nitrogen and oxygen atoms in total. The Bertz CT molecular complexity index is 306. The van der Waals surface area contributed by atoms with Crippen molar-refractivity contribution >= 4 is 5.97 Å². The summed E-state index contributed by atoms with van der Waals surface area (Å²) in [6.07, 6.45) is 6.16. The van der Waals surface area contributed by atoms with Crippen molar-refractivity contribution in [2.75, 3.05) is 13.2 Å².